The van der Waals surface area contributed by atoms with E-state index in [1.165, 1.54) is 6.07 Å². The van der Waals surface area contributed by atoms with Crippen molar-refractivity contribution < 1.29 is 18.1 Å². The number of nitrogens with one attached hydrogen (secondary N) is 1. The number of nitro groups is 1. The van der Waals surface area contributed by atoms with E-state index in [2.05, 4.69) is 5.32 Å². The molecule has 0 aliphatic carbocycles. The van der Waals surface area contributed by atoms with Gasteiger partial charge in [0.2, 0.25) is 0 Å². The number of carbonyl (C=O) groups is 1. The highest BCUT2D eigenvalue weighted by Gasteiger charge is 2.24. The lowest BCUT2D eigenvalue weighted by Crippen LogP contribution is -2.14. The first-order chi connectivity index (χ1) is 11.1. The van der Waals surface area contributed by atoms with Crippen LogP contribution >= 0.6 is 11.6 Å². The van der Waals surface area contributed by atoms with E-state index in [0.29, 0.717) is 10.7 Å². The molecule has 0 saturated heterocycles. The van der Waals surface area contributed by atoms with E-state index in [9.17, 15) is 23.3 Å². The Kier molecular flexibility index (Phi) is 4.91. The largest absolute Gasteiger partial charge is 0.322 e. The van der Waals surface area contributed by atoms with E-state index < -0.39 is 31.3 Å². The van der Waals surface area contributed by atoms with Gasteiger partial charge in [0, 0.05) is 28.6 Å². The van der Waals surface area contributed by atoms with Crippen LogP contribution in [0, 0.1) is 17.0 Å². The molecule has 0 aliphatic rings. The highest BCUT2D eigenvalue weighted by Crippen LogP contribution is 2.26. The van der Waals surface area contributed by atoms with E-state index >= 15 is 0 Å². The van der Waals surface area contributed by atoms with Crippen LogP contribution in [-0.2, 0) is 9.84 Å². The molecule has 0 heterocycles. The van der Waals surface area contributed by atoms with Crippen LogP contribution < -0.4 is 5.32 Å². The molecular weight excluding hydrogens is 356 g/mol. The number of benzene rings is 2. The maximum Gasteiger partial charge on any atom is 0.288 e. The molecule has 0 radical (unpaired) electrons. The molecule has 0 aliphatic heterocycles. The fraction of sp³-hybridized carbons (Fsp3) is 0.133. The fourth-order valence-electron chi connectivity index (χ4n) is 2.08. The SMILES string of the molecule is Cc1cc(Cl)ccc1NC(=O)c1ccc(S(C)(=O)=O)c([N+](=O)[O-])c1. The minimum atomic E-state index is -3.78. The van der Waals surface area contributed by atoms with Crippen molar-refractivity contribution >= 4 is 38.7 Å². The number of hydrogen-bond donors (Lipinski definition) is 1. The molecule has 2 rings (SSSR count). The van der Waals surface area contributed by atoms with E-state index in [0.717, 1.165) is 24.0 Å². The molecule has 1 N–H and O–H groups in total. The summed E-state index contributed by atoms with van der Waals surface area (Å²) in [6, 6.07) is 8.08. The summed E-state index contributed by atoms with van der Waals surface area (Å²) in [5.41, 5.74) is 0.554. The number of amides is 1. The first-order valence-corrected chi connectivity index (χ1v) is 8.92. The summed E-state index contributed by atoms with van der Waals surface area (Å²) in [5.74, 6) is -0.594. The van der Waals surface area contributed by atoms with Gasteiger partial charge in [-0.05, 0) is 42.8 Å². The van der Waals surface area contributed by atoms with Crippen molar-refractivity contribution in [2.75, 3.05) is 11.6 Å². The molecule has 0 bridgehead atoms. The van der Waals surface area contributed by atoms with Gasteiger partial charge in [0.05, 0.1) is 4.92 Å². The predicted octanol–water partition coefficient (Wildman–Crippen LogP) is 3.21. The molecule has 0 aromatic heterocycles. The summed E-state index contributed by atoms with van der Waals surface area (Å²) >= 11 is 5.84. The van der Waals surface area contributed by atoms with Crippen LogP contribution in [0.25, 0.3) is 0 Å². The van der Waals surface area contributed by atoms with Gasteiger partial charge in [0.1, 0.15) is 4.90 Å². The van der Waals surface area contributed by atoms with Crippen molar-refractivity contribution in [3.63, 3.8) is 0 Å². The summed E-state index contributed by atoms with van der Waals surface area (Å²) < 4.78 is 23.2. The number of anilines is 1. The number of halogens is 1. The molecule has 7 nitrogen and oxygen atoms in total. The van der Waals surface area contributed by atoms with Gasteiger partial charge >= 0.3 is 0 Å². The number of nitrogens with zero attached hydrogens (tertiary/aromatic N) is 1. The quantitative estimate of drug-likeness (QED) is 0.658. The summed E-state index contributed by atoms with van der Waals surface area (Å²) in [4.78, 5) is 22.1. The molecule has 0 fully saturated rings. The number of carbonyl (C=O) groups excluding carboxylic acids is 1. The first kappa shape index (κ1) is 17.9. The van der Waals surface area contributed by atoms with Gasteiger partial charge in [-0.25, -0.2) is 8.42 Å². The second-order valence-corrected chi connectivity index (χ2v) is 7.55. The normalized spacial score (nSPS) is 11.1. The molecule has 9 heteroatoms. The number of rotatable bonds is 4. The minimum absolute atomic E-state index is 0.0246. The Labute approximate surface area is 143 Å². The number of sulfone groups is 1. The van der Waals surface area contributed by atoms with Crippen molar-refractivity contribution in [3.05, 3.63) is 62.7 Å². The van der Waals surface area contributed by atoms with E-state index in [1.54, 1.807) is 25.1 Å². The van der Waals surface area contributed by atoms with Gasteiger partial charge < -0.3 is 5.32 Å². The Morgan fingerprint density at radius 3 is 2.42 bits per heavy atom. The lowest BCUT2D eigenvalue weighted by atomic mass is 10.1. The number of aryl methyl sites for hydroxylation is 1. The van der Waals surface area contributed by atoms with Gasteiger partial charge in [0.25, 0.3) is 11.6 Å². The summed E-state index contributed by atoms with van der Waals surface area (Å²) in [6.45, 7) is 1.75. The highest BCUT2D eigenvalue weighted by atomic mass is 35.5. The van der Waals surface area contributed by atoms with Crippen LogP contribution in [0.4, 0.5) is 11.4 Å². The van der Waals surface area contributed by atoms with Crippen molar-refractivity contribution in [1.82, 2.24) is 0 Å². The molecule has 0 atom stereocenters. The van der Waals surface area contributed by atoms with Crippen molar-refractivity contribution in [3.8, 4) is 0 Å². The monoisotopic (exact) mass is 368 g/mol. The maximum atomic E-state index is 12.3. The molecule has 2 aromatic rings. The molecule has 126 valence electrons. The van der Waals surface area contributed by atoms with E-state index in [4.69, 9.17) is 11.6 Å². The zero-order chi connectivity index (χ0) is 18.1. The lowest BCUT2D eigenvalue weighted by Gasteiger charge is -2.09. The second-order valence-electron chi connectivity index (χ2n) is 5.13. The highest BCUT2D eigenvalue weighted by molar-refractivity contribution is 7.90. The van der Waals surface area contributed by atoms with Crippen LogP contribution in [0.3, 0.4) is 0 Å². The van der Waals surface area contributed by atoms with E-state index in [-0.39, 0.29) is 5.56 Å². The number of hydrogen-bond acceptors (Lipinski definition) is 5. The summed E-state index contributed by atoms with van der Waals surface area (Å²) in [7, 11) is -3.78. The molecule has 0 saturated carbocycles. The zero-order valence-electron chi connectivity index (χ0n) is 12.7. The third kappa shape index (κ3) is 3.90. The van der Waals surface area contributed by atoms with Gasteiger partial charge in [-0.1, -0.05) is 11.6 Å². The molecular formula is C15H13ClN2O5S. The Morgan fingerprint density at radius 2 is 1.88 bits per heavy atom. The van der Waals surface area contributed by atoms with Crippen molar-refractivity contribution in [2.24, 2.45) is 0 Å². The molecule has 0 unspecified atom stereocenters. The predicted molar refractivity (Wildman–Crippen MR) is 90.3 cm³/mol. The van der Waals surface area contributed by atoms with Crippen LogP contribution in [0.1, 0.15) is 15.9 Å². The van der Waals surface area contributed by atoms with Crippen molar-refractivity contribution in [1.29, 1.82) is 0 Å². The Hall–Kier alpha value is -2.45. The number of nitro benzene ring substituents is 1. The summed E-state index contributed by atoms with van der Waals surface area (Å²) in [6.07, 6.45) is 0.867. The second kappa shape index (κ2) is 6.58. The van der Waals surface area contributed by atoms with Gasteiger partial charge in [-0.2, -0.15) is 0 Å². The first-order valence-electron chi connectivity index (χ1n) is 6.65. The van der Waals surface area contributed by atoms with Crippen molar-refractivity contribution in [2.45, 2.75) is 11.8 Å². The average molecular weight is 369 g/mol. The molecule has 0 spiro atoms. The van der Waals surface area contributed by atoms with Gasteiger partial charge in [-0.15, -0.1) is 0 Å². The molecule has 1 amide bonds. The smallest absolute Gasteiger partial charge is 0.288 e. The van der Waals surface area contributed by atoms with Gasteiger partial charge in [-0.3, -0.25) is 14.9 Å². The Balaban J connectivity index is 2.40. The van der Waals surface area contributed by atoms with Crippen LogP contribution in [0.2, 0.25) is 5.02 Å². The Bertz CT molecular complexity index is 941. The van der Waals surface area contributed by atoms with Crippen LogP contribution in [-0.4, -0.2) is 25.5 Å². The van der Waals surface area contributed by atoms with Crippen LogP contribution in [0.15, 0.2) is 41.3 Å². The third-order valence-electron chi connectivity index (χ3n) is 3.25. The average Bonchev–Trinajstić information content (AvgIpc) is 2.48. The zero-order valence-corrected chi connectivity index (χ0v) is 14.3. The minimum Gasteiger partial charge on any atom is -0.322 e. The molecule has 24 heavy (non-hydrogen) atoms. The van der Waals surface area contributed by atoms with Crippen LogP contribution in [0.5, 0.6) is 0 Å². The maximum absolute atomic E-state index is 12.3. The Morgan fingerprint density at radius 1 is 1.21 bits per heavy atom. The summed E-state index contributed by atoms with van der Waals surface area (Å²) in [5, 5.41) is 14.2. The van der Waals surface area contributed by atoms with Gasteiger partial charge in [0.15, 0.2) is 9.84 Å². The molecule has 2 aromatic carbocycles. The standard InChI is InChI=1S/C15H13ClN2O5S/c1-9-7-11(16)4-5-12(9)17-15(19)10-3-6-14(24(2,22)23)13(8-10)18(20)21/h3-8H,1-2H3,(H,17,19). The fourth-order valence-corrected chi connectivity index (χ4v) is 3.13. The third-order valence-corrected chi connectivity index (χ3v) is 4.63. The van der Waals surface area contributed by atoms with E-state index in [1.807, 2.05) is 0 Å². The topological polar surface area (TPSA) is 106 Å². The lowest BCUT2D eigenvalue weighted by molar-refractivity contribution is -0.387.